The molecule has 0 aromatic heterocycles. The van der Waals surface area contributed by atoms with Gasteiger partial charge in [0.25, 0.3) is 0 Å². The highest BCUT2D eigenvalue weighted by atomic mass is 35.5. The summed E-state index contributed by atoms with van der Waals surface area (Å²) in [6, 6.07) is 14.4. The number of nitrogens with one attached hydrogen (secondary N) is 2. The molecule has 6 nitrogen and oxygen atoms in total. The second kappa shape index (κ2) is 14.5. The van der Waals surface area contributed by atoms with Gasteiger partial charge in [-0.2, -0.15) is 0 Å². The number of methoxy groups -OCH3 is 1. The number of hydrogen-bond acceptors (Lipinski definition) is 6. The number of carbonyl (C=O) groups excluding carboxylic acids is 1. The summed E-state index contributed by atoms with van der Waals surface area (Å²) in [7, 11) is 1.62. The van der Waals surface area contributed by atoms with Crippen molar-refractivity contribution < 1.29 is 14.3 Å². The molecule has 178 valence electrons. The molecule has 0 radical (unpaired) electrons. The summed E-state index contributed by atoms with van der Waals surface area (Å²) < 4.78 is 10.3. The van der Waals surface area contributed by atoms with E-state index in [1.165, 1.54) is 0 Å². The lowest BCUT2D eigenvalue weighted by molar-refractivity contribution is -0.145. The van der Waals surface area contributed by atoms with Crippen LogP contribution in [0.3, 0.4) is 0 Å². The number of benzene rings is 2. The van der Waals surface area contributed by atoms with Gasteiger partial charge in [0.2, 0.25) is 0 Å². The zero-order valence-electron chi connectivity index (χ0n) is 19.2. The van der Waals surface area contributed by atoms with Gasteiger partial charge in [0, 0.05) is 48.9 Å². The minimum absolute atomic E-state index is 0.318. The summed E-state index contributed by atoms with van der Waals surface area (Å²) >= 11 is 11.0. The molecule has 0 spiro atoms. The molecule has 0 aliphatic carbocycles. The molecule has 33 heavy (non-hydrogen) atoms. The van der Waals surface area contributed by atoms with Crippen LogP contribution >= 0.6 is 23.8 Å². The quantitative estimate of drug-likeness (QED) is 0.408. The van der Waals surface area contributed by atoms with Gasteiger partial charge < -0.3 is 25.0 Å². The third-order valence-corrected chi connectivity index (χ3v) is 5.65. The Morgan fingerprint density at radius 3 is 2.45 bits per heavy atom. The SMILES string of the molecule is C=C(NC(Cc1ccc(OC)cc1)C(=O)OCC)c1ccccc1Cl.S=CN1CCNCC1. The predicted molar refractivity (Wildman–Crippen MR) is 139 cm³/mol. The van der Waals surface area contributed by atoms with Gasteiger partial charge in [-0.05, 0) is 30.7 Å². The Morgan fingerprint density at radius 2 is 1.91 bits per heavy atom. The van der Waals surface area contributed by atoms with Crippen LogP contribution in [0.1, 0.15) is 18.1 Å². The summed E-state index contributed by atoms with van der Waals surface area (Å²) in [4.78, 5) is 14.5. The molecule has 1 saturated heterocycles. The van der Waals surface area contributed by atoms with Gasteiger partial charge in [-0.1, -0.05) is 60.7 Å². The van der Waals surface area contributed by atoms with Gasteiger partial charge in [-0.3, -0.25) is 0 Å². The van der Waals surface area contributed by atoms with E-state index in [4.69, 9.17) is 33.3 Å². The van der Waals surface area contributed by atoms with Crippen molar-refractivity contribution in [1.82, 2.24) is 15.5 Å². The van der Waals surface area contributed by atoms with Crippen LogP contribution in [0.4, 0.5) is 0 Å². The molecule has 1 aliphatic rings. The van der Waals surface area contributed by atoms with Gasteiger partial charge in [0.05, 0.1) is 19.2 Å². The molecular weight excluding hydrogens is 458 g/mol. The third kappa shape index (κ3) is 9.04. The molecule has 1 heterocycles. The fraction of sp³-hybridized carbons (Fsp3) is 0.360. The van der Waals surface area contributed by atoms with Crippen LogP contribution < -0.4 is 15.4 Å². The van der Waals surface area contributed by atoms with E-state index >= 15 is 0 Å². The van der Waals surface area contributed by atoms with E-state index in [0.29, 0.717) is 23.7 Å². The summed E-state index contributed by atoms with van der Waals surface area (Å²) in [5.41, 5.74) is 4.06. The van der Waals surface area contributed by atoms with Crippen molar-refractivity contribution in [2.75, 3.05) is 39.9 Å². The van der Waals surface area contributed by atoms with E-state index < -0.39 is 6.04 Å². The van der Waals surface area contributed by atoms with Crippen LogP contribution in [-0.2, 0) is 16.0 Å². The number of hydrogen-bond donors (Lipinski definition) is 2. The lowest BCUT2D eigenvalue weighted by Gasteiger charge is -2.24. The van der Waals surface area contributed by atoms with E-state index in [1.54, 1.807) is 25.6 Å². The van der Waals surface area contributed by atoms with E-state index in [0.717, 1.165) is 43.1 Å². The Hall–Kier alpha value is -2.61. The molecule has 0 saturated carbocycles. The van der Waals surface area contributed by atoms with Crippen molar-refractivity contribution in [2.24, 2.45) is 0 Å². The van der Waals surface area contributed by atoms with Crippen molar-refractivity contribution in [2.45, 2.75) is 19.4 Å². The van der Waals surface area contributed by atoms with E-state index in [1.807, 2.05) is 42.5 Å². The standard InChI is InChI=1S/C20H22ClNO3.C5H10N2S/c1-4-25-20(23)19(13-15-9-11-16(24-3)12-10-15)22-14(2)17-7-5-6-8-18(17)21;8-5-7-3-1-6-2-4-7/h5-12,19,22H,2,4,13H2,1,3H3;5-6H,1-4H2. The Bertz CT molecular complexity index is 902. The fourth-order valence-electron chi connectivity index (χ4n) is 3.22. The Labute approximate surface area is 206 Å². The highest BCUT2D eigenvalue weighted by molar-refractivity contribution is 7.78. The third-order valence-electron chi connectivity index (χ3n) is 5.02. The van der Waals surface area contributed by atoms with Crippen LogP contribution in [0.25, 0.3) is 5.70 Å². The van der Waals surface area contributed by atoms with Gasteiger partial charge in [0.1, 0.15) is 11.8 Å². The molecule has 1 fully saturated rings. The van der Waals surface area contributed by atoms with Crippen molar-refractivity contribution >= 4 is 41.0 Å². The number of carbonyl (C=O) groups is 1. The van der Waals surface area contributed by atoms with Crippen molar-refractivity contribution in [3.63, 3.8) is 0 Å². The van der Waals surface area contributed by atoms with Gasteiger partial charge in [0.15, 0.2) is 0 Å². The minimum Gasteiger partial charge on any atom is -0.497 e. The summed E-state index contributed by atoms with van der Waals surface area (Å²) in [5, 5.41) is 6.97. The number of esters is 1. The zero-order valence-corrected chi connectivity index (χ0v) is 20.8. The van der Waals surface area contributed by atoms with Crippen molar-refractivity contribution in [3.05, 3.63) is 71.3 Å². The van der Waals surface area contributed by atoms with Crippen LogP contribution in [-0.4, -0.2) is 62.3 Å². The summed E-state index contributed by atoms with van der Waals surface area (Å²) in [5.74, 6) is 0.441. The number of ether oxygens (including phenoxy) is 2. The maximum absolute atomic E-state index is 12.3. The number of thiocarbonyl (C=S) groups is 1. The Morgan fingerprint density at radius 1 is 1.24 bits per heavy atom. The summed E-state index contributed by atoms with van der Waals surface area (Å²) in [6.07, 6.45) is 0.465. The number of nitrogens with zero attached hydrogens (tertiary/aromatic N) is 1. The first kappa shape index (κ1) is 26.6. The van der Waals surface area contributed by atoms with Crippen LogP contribution in [0.5, 0.6) is 5.75 Å². The van der Waals surface area contributed by atoms with Gasteiger partial charge in [-0.15, -0.1) is 0 Å². The normalized spacial score (nSPS) is 13.7. The monoisotopic (exact) mass is 489 g/mol. The first-order valence-corrected chi connectivity index (χ1v) is 11.7. The predicted octanol–water partition coefficient (Wildman–Crippen LogP) is 3.93. The van der Waals surface area contributed by atoms with Gasteiger partial charge in [-0.25, -0.2) is 4.79 Å². The largest absolute Gasteiger partial charge is 0.497 e. The lowest BCUT2D eigenvalue weighted by Crippen LogP contribution is -2.42. The van der Waals surface area contributed by atoms with Crippen LogP contribution in [0, 0.1) is 0 Å². The fourth-order valence-corrected chi connectivity index (χ4v) is 3.68. The minimum atomic E-state index is -0.558. The second-order valence-corrected chi connectivity index (χ2v) is 7.97. The zero-order chi connectivity index (χ0) is 24.1. The summed E-state index contributed by atoms with van der Waals surface area (Å²) in [6.45, 7) is 10.4. The Kier molecular flexibility index (Phi) is 11.7. The van der Waals surface area contributed by atoms with E-state index in [2.05, 4.69) is 22.1 Å². The van der Waals surface area contributed by atoms with Gasteiger partial charge >= 0.3 is 5.97 Å². The number of halogens is 1. The van der Waals surface area contributed by atoms with E-state index in [-0.39, 0.29) is 5.97 Å². The molecule has 1 aliphatic heterocycles. The molecule has 0 amide bonds. The molecule has 1 atom stereocenters. The molecule has 2 aromatic rings. The molecule has 2 N–H and O–H groups in total. The highest BCUT2D eigenvalue weighted by Crippen LogP contribution is 2.22. The molecule has 0 bridgehead atoms. The number of piperazine rings is 1. The molecule has 2 aromatic carbocycles. The first-order chi connectivity index (χ1) is 16.0. The molecule has 1 unspecified atom stereocenters. The highest BCUT2D eigenvalue weighted by Gasteiger charge is 2.21. The maximum Gasteiger partial charge on any atom is 0.328 e. The van der Waals surface area contributed by atoms with Crippen molar-refractivity contribution in [3.8, 4) is 5.75 Å². The average molecular weight is 490 g/mol. The number of rotatable bonds is 9. The topological polar surface area (TPSA) is 62.8 Å². The average Bonchev–Trinajstić information content (AvgIpc) is 2.85. The molecule has 8 heteroatoms. The lowest BCUT2D eigenvalue weighted by atomic mass is 10.0. The van der Waals surface area contributed by atoms with Crippen LogP contribution in [0.2, 0.25) is 5.02 Å². The second-order valence-electron chi connectivity index (χ2n) is 7.35. The maximum atomic E-state index is 12.3. The first-order valence-electron chi connectivity index (χ1n) is 10.9. The molecular formula is C25H32ClN3O3S. The molecule has 3 rings (SSSR count). The Balaban J connectivity index is 0.000000405. The smallest absolute Gasteiger partial charge is 0.328 e. The van der Waals surface area contributed by atoms with E-state index in [9.17, 15) is 4.79 Å². The van der Waals surface area contributed by atoms with Crippen LogP contribution in [0.15, 0.2) is 55.1 Å². The van der Waals surface area contributed by atoms with Crippen molar-refractivity contribution in [1.29, 1.82) is 0 Å².